The van der Waals surface area contributed by atoms with Crippen LogP contribution in [0.15, 0.2) is 108 Å². The molecule has 0 aliphatic carbocycles. The molecule has 0 fully saturated rings. The first-order valence-corrected chi connectivity index (χ1v) is 11.6. The van der Waals surface area contributed by atoms with Crippen LogP contribution in [0.25, 0.3) is 35.4 Å². The molecule has 0 aromatic heterocycles. The maximum atomic E-state index is 12.2. The van der Waals surface area contributed by atoms with Gasteiger partial charge in [0.25, 0.3) is 10.1 Å². The second-order valence-electron chi connectivity index (χ2n) is 7.27. The summed E-state index contributed by atoms with van der Waals surface area (Å²) in [4.78, 5) is -0.128. The standard InChI is InChI=1S/C28H22O3S/c29-32(30,31)28-21-20-25(24-14-8-3-9-15-24)26(18-16-22-10-4-1-5-11-22)27(28)19-17-23-12-6-2-7-13-23/h1-21H,(H,29,30,31). The largest absolute Gasteiger partial charge is 0.295 e. The molecule has 0 radical (unpaired) electrons. The molecule has 1 N–H and O–H groups in total. The van der Waals surface area contributed by atoms with Gasteiger partial charge in [0.15, 0.2) is 0 Å². The average Bonchev–Trinajstić information content (AvgIpc) is 2.82. The number of hydrogen-bond donors (Lipinski definition) is 1. The molecule has 4 heteroatoms. The molecule has 0 spiro atoms. The molecule has 0 unspecified atom stereocenters. The van der Waals surface area contributed by atoms with Crippen molar-refractivity contribution in [2.75, 3.05) is 0 Å². The second-order valence-corrected chi connectivity index (χ2v) is 8.66. The van der Waals surface area contributed by atoms with E-state index in [0.29, 0.717) is 11.1 Å². The zero-order valence-corrected chi connectivity index (χ0v) is 18.1. The van der Waals surface area contributed by atoms with Crippen LogP contribution in [0.1, 0.15) is 22.3 Å². The van der Waals surface area contributed by atoms with Crippen molar-refractivity contribution in [2.24, 2.45) is 0 Å². The molecule has 0 saturated heterocycles. The summed E-state index contributed by atoms with van der Waals surface area (Å²) in [6.07, 6.45) is 7.43. The second kappa shape index (κ2) is 9.60. The van der Waals surface area contributed by atoms with E-state index < -0.39 is 10.1 Å². The molecule has 0 aliphatic heterocycles. The Morgan fingerprint density at radius 1 is 0.531 bits per heavy atom. The Kier molecular flexibility index (Phi) is 6.45. The fourth-order valence-corrected chi connectivity index (χ4v) is 4.25. The topological polar surface area (TPSA) is 54.4 Å². The summed E-state index contributed by atoms with van der Waals surface area (Å²) < 4.78 is 34.4. The molecule has 32 heavy (non-hydrogen) atoms. The van der Waals surface area contributed by atoms with Crippen LogP contribution in [-0.4, -0.2) is 13.0 Å². The Labute approximate surface area is 188 Å². The minimum absolute atomic E-state index is 0.128. The fraction of sp³-hybridized carbons (Fsp3) is 0. The molecule has 0 saturated carbocycles. The Morgan fingerprint density at radius 3 is 1.50 bits per heavy atom. The third kappa shape index (κ3) is 5.11. The summed E-state index contributed by atoms with van der Waals surface area (Å²) in [6.45, 7) is 0. The van der Waals surface area contributed by atoms with Crippen molar-refractivity contribution in [3.05, 3.63) is 125 Å². The predicted molar refractivity (Wildman–Crippen MR) is 132 cm³/mol. The highest BCUT2D eigenvalue weighted by Crippen LogP contribution is 2.33. The molecule has 4 rings (SSSR count). The maximum Gasteiger partial charge on any atom is 0.295 e. The predicted octanol–water partition coefficient (Wildman–Crippen LogP) is 6.94. The van der Waals surface area contributed by atoms with E-state index in [-0.39, 0.29) is 4.90 Å². The Hall–Kier alpha value is -3.73. The summed E-state index contributed by atoms with van der Waals surface area (Å²) in [7, 11) is -4.43. The highest BCUT2D eigenvalue weighted by molar-refractivity contribution is 7.86. The van der Waals surface area contributed by atoms with Crippen LogP contribution in [0, 0.1) is 0 Å². The first-order chi connectivity index (χ1) is 15.5. The van der Waals surface area contributed by atoms with E-state index in [1.807, 2.05) is 109 Å². The van der Waals surface area contributed by atoms with E-state index in [1.165, 1.54) is 6.07 Å². The van der Waals surface area contributed by atoms with Crippen molar-refractivity contribution in [1.29, 1.82) is 0 Å². The minimum atomic E-state index is -4.43. The summed E-state index contributed by atoms with van der Waals surface area (Å²) in [5.41, 5.74) is 4.89. The van der Waals surface area contributed by atoms with Gasteiger partial charge in [0.2, 0.25) is 0 Å². The summed E-state index contributed by atoms with van der Waals surface area (Å²) in [5.74, 6) is 0. The minimum Gasteiger partial charge on any atom is -0.282 e. The van der Waals surface area contributed by atoms with Crippen LogP contribution in [0.5, 0.6) is 0 Å². The molecule has 3 nitrogen and oxygen atoms in total. The van der Waals surface area contributed by atoms with Gasteiger partial charge in [-0.3, -0.25) is 4.55 Å². The SMILES string of the molecule is O=S(=O)(O)c1ccc(-c2ccccc2)c(C=Cc2ccccc2)c1C=Cc1ccccc1. The Bertz CT molecular complexity index is 1360. The first kappa shape index (κ1) is 21.5. The summed E-state index contributed by atoms with van der Waals surface area (Å²) in [6, 6.07) is 32.4. The van der Waals surface area contributed by atoms with Crippen molar-refractivity contribution in [1.82, 2.24) is 0 Å². The molecule has 4 aromatic rings. The van der Waals surface area contributed by atoms with Crippen molar-refractivity contribution in [3.8, 4) is 11.1 Å². The van der Waals surface area contributed by atoms with E-state index in [1.54, 1.807) is 12.1 Å². The summed E-state index contributed by atoms with van der Waals surface area (Å²) >= 11 is 0. The van der Waals surface area contributed by atoms with Crippen LogP contribution in [0.3, 0.4) is 0 Å². The molecular formula is C28H22O3S. The van der Waals surface area contributed by atoms with Gasteiger partial charge in [-0.1, -0.05) is 121 Å². The van der Waals surface area contributed by atoms with Crippen LogP contribution in [0.2, 0.25) is 0 Å². The zero-order valence-electron chi connectivity index (χ0n) is 17.3. The lowest BCUT2D eigenvalue weighted by Crippen LogP contribution is -2.03. The summed E-state index contributed by atoms with van der Waals surface area (Å²) in [5, 5.41) is 0. The molecular weight excluding hydrogens is 416 g/mol. The van der Waals surface area contributed by atoms with Gasteiger partial charge in [0.05, 0.1) is 0 Å². The van der Waals surface area contributed by atoms with Crippen molar-refractivity contribution < 1.29 is 13.0 Å². The number of rotatable bonds is 6. The van der Waals surface area contributed by atoms with Gasteiger partial charge in [0, 0.05) is 5.56 Å². The third-order valence-corrected chi connectivity index (χ3v) is 6.01. The van der Waals surface area contributed by atoms with E-state index >= 15 is 0 Å². The fourth-order valence-electron chi connectivity index (χ4n) is 3.55. The lowest BCUT2D eigenvalue weighted by atomic mass is 9.94. The van der Waals surface area contributed by atoms with Gasteiger partial charge in [-0.05, 0) is 33.9 Å². The smallest absolute Gasteiger partial charge is 0.282 e. The average molecular weight is 439 g/mol. The van der Waals surface area contributed by atoms with Crippen LogP contribution in [-0.2, 0) is 10.1 Å². The molecule has 4 aromatic carbocycles. The van der Waals surface area contributed by atoms with Gasteiger partial charge in [-0.2, -0.15) is 8.42 Å². The molecule has 0 heterocycles. The van der Waals surface area contributed by atoms with Gasteiger partial charge < -0.3 is 0 Å². The molecule has 0 aliphatic rings. The monoisotopic (exact) mass is 438 g/mol. The highest BCUT2D eigenvalue weighted by Gasteiger charge is 2.19. The van der Waals surface area contributed by atoms with E-state index in [9.17, 15) is 13.0 Å². The van der Waals surface area contributed by atoms with Crippen molar-refractivity contribution >= 4 is 34.4 Å². The van der Waals surface area contributed by atoms with Crippen molar-refractivity contribution in [3.63, 3.8) is 0 Å². The van der Waals surface area contributed by atoms with Gasteiger partial charge in [0.1, 0.15) is 4.90 Å². The van der Waals surface area contributed by atoms with Crippen LogP contribution >= 0.6 is 0 Å². The normalized spacial score (nSPS) is 11.9. The van der Waals surface area contributed by atoms with Gasteiger partial charge in [-0.25, -0.2) is 0 Å². The molecule has 158 valence electrons. The molecule has 0 atom stereocenters. The van der Waals surface area contributed by atoms with E-state index in [0.717, 1.165) is 22.3 Å². The van der Waals surface area contributed by atoms with Crippen LogP contribution < -0.4 is 0 Å². The van der Waals surface area contributed by atoms with Crippen molar-refractivity contribution in [2.45, 2.75) is 4.90 Å². The quantitative estimate of drug-likeness (QED) is 0.262. The van der Waals surface area contributed by atoms with Gasteiger partial charge in [-0.15, -0.1) is 0 Å². The van der Waals surface area contributed by atoms with E-state index in [2.05, 4.69) is 0 Å². The van der Waals surface area contributed by atoms with Gasteiger partial charge >= 0.3 is 0 Å². The number of hydrogen-bond acceptors (Lipinski definition) is 2. The molecule has 0 bridgehead atoms. The first-order valence-electron chi connectivity index (χ1n) is 10.2. The van der Waals surface area contributed by atoms with Crippen LogP contribution in [0.4, 0.5) is 0 Å². The Morgan fingerprint density at radius 2 is 1.00 bits per heavy atom. The number of benzene rings is 4. The lowest BCUT2D eigenvalue weighted by molar-refractivity contribution is 0.483. The Balaban J connectivity index is 1.96. The van der Waals surface area contributed by atoms with E-state index in [4.69, 9.17) is 0 Å². The third-order valence-electron chi connectivity index (χ3n) is 5.09. The maximum absolute atomic E-state index is 12.2. The molecule has 0 amide bonds. The lowest BCUT2D eigenvalue weighted by Gasteiger charge is -2.14. The zero-order chi connectivity index (χ0) is 22.4. The highest BCUT2D eigenvalue weighted by atomic mass is 32.2.